The van der Waals surface area contributed by atoms with Crippen molar-refractivity contribution in [3.05, 3.63) is 52.5 Å². The quantitative estimate of drug-likeness (QED) is 0.408. The molecule has 9 nitrogen and oxygen atoms in total. The van der Waals surface area contributed by atoms with E-state index in [0.717, 1.165) is 17.3 Å². The maximum absolute atomic E-state index is 12.9. The van der Waals surface area contributed by atoms with E-state index in [4.69, 9.17) is 22.1 Å². The van der Waals surface area contributed by atoms with Crippen LogP contribution in [0.15, 0.2) is 41.6 Å². The van der Waals surface area contributed by atoms with Crippen molar-refractivity contribution in [2.75, 3.05) is 29.2 Å². The summed E-state index contributed by atoms with van der Waals surface area (Å²) in [7, 11) is 1.49. The van der Waals surface area contributed by atoms with Crippen molar-refractivity contribution in [2.24, 2.45) is 0 Å². The summed E-state index contributed by atoms with van der Waals surface area (Å²) in [4.78, 5) is 29.1. The van der Waals surface area contributed by atoms with Crippen LogP contribution in [0.25, 0.3) is 0 Å². The summed E-state index contributed by atoms with van der Waals surface area (Å²) in [6.07, 6.45) is 0. The Morgan fingerprint density at radius 3 is 2.70 bits per heavy atom. The molecular formula is C19H19ClN6O3S. The van der Waals surface area contributed by atoms with E-state index >= 15 is 0 Å². The van der Waals surface area contributed by atoms with Crippen LogP contribution in [-0.2, 0) is 4.79 Å². The van der Waals surface area contributed by atoms with Crippen LogP contribution >= 0.6 is 23.4 Å². The molecule has 156 valence electrons. The summed E-state index contributed by atoms with van der Waals surface area (Å²) in [5.41, 5.74) is 7.40. The van der Waals surface area contributed by atoms with Crippen molar-refractivity contribution in [1.82, 2.24) is 15.2 Å². The lowest BCUT2D eigenvalue weighted by Crippen LogP contribution is -2.19. The molecule has 0 spiro atoms. The zero-order valence-electron chi connectivity index (χ0n) is 16.2. The Hall–Kier alpha value is -3.24. The van der Waals surface area contributed by atoms with Crippen LogP contribution in [0.3, 0.4) is 0 Å². The smallest absolute Gasteiger partial charge is 0.257 e. The molecule has 0 saturated carbocycles. The number of ether oxygens (including phenoxy) is 1. The number of thioether (sulfide) groups is 1. The third-order valence-electron chi connectivity index (χ3n) is 3.99. The van der Waals surface area contributed by atoms with Crippen molar-refractivity contribution in [3.63, 3.8) is 0 Å². The zero-order valence-corrected chi connectivity index (χ0v) is 17.7. The van der Waals surface area contributed by atoms with Gasteiger partial charge in [-0.2, -0.15) is 4.98 Å². The first-order valence-electron chi connectivity index (χ1n) is 8.72. The first kappa shape index (κ1) is 21.5. The van der Waals surface area contributed by atoms with Crippen LogP contribution in [0.4, 0.5) is 17.3 Å². The van der Waals surface area contributed by atoms with Gasteiger partial charge >= 0.3 is 0 Å². The molecule has 0 unspecified atom stereocenters. The first-order valence-corrected chi connectivity index (χ1v) is 10.1. The lowest BCUT2D eigenvalue weighted by molar-refractivity contribution is -0.113. The molecule has 30 heavy (non-hydrogen) atoms. The molecule has 0 aliphatic rings. The number of hydrogen-bond acceptors (Lipinski definition) is 7. The van der Waals surface area contributed by atoms with Crippen LogP contribution in [0.1, 0.15) is 15.9 Å². The maximum atomic E-state index is 12.9. The molecule has 1 heterocycles. The number of nitrogens with zero attached hydrogens (tertiary/aromatic N) is 2. The van der Waals surface area contributed by atoms with Gasteiger partial charge in [0.15, 0.2) is 0 Å². The number of amides is 2. The number of hydrogen-bond donors (Lipinski definition) is 4. The minimum absolute atomic E-state index is 0.0530. The number of aryl methyl sites for hydroxylation is 1. The van der Waals surface area contributed by atoms with Crippen LogP contribution in [-0.4, -0.2) is 39.9 Å². The summed E-state index contributed by atoms with van der Waals surface area (Å²) >= 11 is 7.23. The van der Waals surface area contributed by atoms with Crippen LogP contribution in [0.5, 0.6) is 5.75 Å². The highest BCUT2D eigenvalue weighted by atomic mass is 35.5. The van der Waals surface area contributed by atoms with Crippen molar-refractivity contribution in [1.29, 1.82) is 0 Å². The van der Waals surface area contributed by atoms with Gasteiger partial charge in [-0.1, -0.05) is 35.5 Å². The molecule has 3 aromatic rings. The van der Waals surface area contributed by atoms with Crippen molar-refractivity contribution >= 4 is 52.5 Å². The lowest BCUT2D eigenvalue weighted by atomic mass is 10.1. The average Bonchev–Trinajstić information content (AvgIpc) is 3.14. The van der Waals surface area contributed by atoms with Crippen LogP contribution < -0.4 is 21.1 Å². The second-order valence-electron chi connectivity index (χ2n) is 6.14. The lowest BCUT2D eigenvalue weighted by Gasteiger charge is -2.14. The number of nitrogens with one attached hydrogen (secondary N) is 3. The van der Waals surface area contributed by atoms with Gasteiger partial charge in [0.05, 0.1) is 29.8 Å². The topological polar surface area (TPSA) is 135 Å². The molecule has 5 N–H and O–H groups in total. The fourth-order valence-corrected chi connectivity index (χ4v) is 3.31. The van der Waals surface area contributed by atoms with E-state index in [1.807, 2.05) is 6.92 Å². The normalized spacial score (nSPS) is 10.5. The molecular weight excluding hydrogens is 428 g/mol. The van der Waals surface area contributed by atoms with Gasteiger partial charge in [0.2, 0.25) is 17.0 Å². The molecule has 0 saturated heterocycles. The molecule has 0 aliphatic heterocycles. The Morgan fingerprint density at radius 1 is 1.23 bits per heavy atom. The largest absolute Gasteiger partial charge is 0.495 e. The number of aromatic amines is 1. The van der Waals surface area contributed by atoms with E-state index in [0.29, 0.717) is 32.9 Å². The van der Waals surface area contributed by atoms with E-state index in [-0.39, 0.29) is 17.6 Å². The van der Waals surface area contributed by atoms with Gasteiger partial charge in [0.25, 0.3) is 5.91 Å². The molecule has 2 amide bonds. The molecule has 0 aliphatic carbocycles. The molecule has 0 atom stereocenters. The summed E-state index contributed by atoms with van der Waals surface area (Å²) in [5, 5.41) is 12.8. The number of nitrogen functional groups attached to an aromatic ring is 1. The third-order valence-corrected chi connectivity index (χ3v) is 5.24. The zero-order chi connectivity index (χ0) is 21.7. The number of halogens is 1. The fraction of sp³-hybridized carbons (Fsp3) is 0.158. The predicted molar refractivity (Wildman–Crippen MR) is 117 cm³/mol. The van der Waals surface area contributed by atoms with E-state index in [1.54, 1.807) is 36.4 Å². The van der Waals surface area contributed by atoms with Gasteiger partial charge in [-0.25, -0.2) is 5.10 Å². The SMILES string of the molecule is COc1cc(Cl)c(C)cc1NC(=O)c1ccccc1NC(=O)CSc1n[nH]c(N)n1. The van der Waals surface area contributed by atoms with Gasteiger partial charge in [-0.3, -0.25) is 9.59 Å². The summed E-state index contributed by atoms with van der Waals surface area (Å²) in [6, 6.07) is 10.0. The number of benzene rings is 2. The van der Waals surface area contributed by atoms with E-state index in [2.05, 4.69) is 25.8 Å². The number of carbonyl (C=O) groups is 2. The molecule has 1 aromatic heterocycles. The van der Waals surface area contributed by atoms with Crippen LogP contribution in [0, 0.1) is 6.92 Å². The standard InChI is InChI=1S/C19H19ClN6O3S/c1-10-7-14(15(29-2)8-12(10)20)23-17(28)11-5-3-4-6-13(11)22-16(27)9-30-19-24-18(21)25-26-19/h3-8H,9H2,1-2H3,(H,22,27)(H,23,28)(H3,21,24,25,26). The summed E-state index contributed by atoms with van der Waals surface area (Å²) in [6.45, 7) is 1.82. The minimum atomic E-state index is -0.402. The van der Waals surface area contributed by atoms with Gasteiger partial charge < -0.3 is 21.1 Å². The number of para-hydroxylation sites is 1. The second kappa shape index (κ2) is 9.51. The molecule has 11 heteroatoms. The molecule has 0 bridgehead atoms. The van der Waals surface area contributed by atoms with Crippen molar-refractivity contribution in [3.8, 4) is 5.75 Å². The Balaban J connectivity index is 1.72. The number of carbonyl (C=O) groups excluding carboxylic acids is 2. The Labute approximate surface area is 181 Å². The maximum Gasteiger partial charge on any atom is 0.257 e. The molecule has 0 radical (unpaired) electrons. The number of rotatable bonds is 7. The van der Waals surface area contributed by atoms with Crippen molar-refractivity contribution < 1.29 is 14.3 Å². The summed E-state index contributed by atoms with van der Waals surface area (Å²) < 4.78 is 5.29. The van der Waals surface area contributed by atoms with Gasteiger partial charge in [-0.05, 0) is 30.7 Å². The number of anilines is 3. The van der Waals surface area contributed by atoms with Gasteiger partial charge in [0.1, 0.15) is 5.75 Å². The van der Waals surface area contributed by atoms with Crippen LogP contribution in [0.2, 0.25) is 5.02 Å². The highest BCUT2D eigenvalue weighted by Gasteiger charge is 2.16. The Morgan fingerprint density at radius 2 is 2.00 bits per heavy atom. The highest BCUT2D eigenvalue weighted by molar-refractivity contribution is 7.99. The molecule has 0 fully saturated rings. The average molecular weight is 447 g/mol. The number of aromatic nitrogens is 3. The Bertz CT molecular complexity index is 1090. The first-order chi connectivity index (χ1) is 14.4. The second-order valence-corrected chi connectivity index (χ2v) is 7.49. The van der Waals surface area contributed by atoms with Gasteiger partial charge in [-0.15, -0.1) is 5.10 Å². The molecule has 2 aromatic carbocycles. The van der Waals surface area contributed by atoms with Gasteiger partial charge in [0, 0.05) is 11.1 Å². The Kier molecular flexibility index (Phi) is 6.80. The van der Waals surface area contributed by atoms with E-state index in [9.17, 15) is 9.59 Å². The number of H-pyrrole nitrogens is 1. The van der Waals surface area contributed by atoms with E-state index < -0.39 is 5.91 Å². The third kappa shape index (κ3) is 5.22. The molecule has 3 rings (SSSR count). The monoisotopic (exact) mass is 446 g/mol. The number of methoxy groups -OCH3 is 1. The van der Waals surface area contributed by atoms with Crippen molar-refractivity contribution in [2.45, 2.75) is 12.1 Å². The highest BCUT2D eigenvalue weighted by Crippen LogP contribution is 2.31. The fourth-order valence-electron chi connectivity index (χ4n) is 2.55. The number of nitrogens with two attached hydrogens (primary N) is 1. The van der Waals surface area contributed by atoms with E-state index in [1.165, 1.54) is 7.11 Å². The minimum Gasteiger partial charge on any atom is -0.495 e. The predicted octanol–water partition coefficient (Wildman–Crippen LogP) is 3.34. The summed E-state index contributed by atoms with van der Waals surface area (Å²) in [5.74, 6) is -0.0587.